The average molecular weight is 258 g/mol. The van der Waals surface area contributed by atoms with Crippen LogP contribution in [0, 0.1) is 0 Å². The summed E-state index contributed by atoms with van der Waals surface area (Å²) >= 11 is 0. The number of rotatable bonds is 10. The fraction of sp³-hybridized carbons (Fsp3) is 1.00. The van der Waals surface area contributed by atoms with Crippen molar-refractivity contribution >= 4 is 7.82 Å². The van der Waals surface area contributed by atoms with Crippen LogP contribution < -0.4 is 0 Å². The first-order valence-electron chi connectivity index (χ1n) is 5.07. The lowest BCUT2D eigenvalue weighted by Gasteiger charge is -2.14. The first-order valence-corrected chi connectivity index (χ1v) is 6.60. The third-order valence-electron chi connectivity index (χ3n) is 1.77. The van der Waals surface area contributed by atoms with E-state index in [1.54, 1.807) is 0 Å². The molecule has 0 saturated heterocycles. The van der Waals surface area contributed by atoms with Gasteiger partial charge in [0.05, 0.1) is 13.2 Å². The Hall–Kier alpha value is -0.0100. The van der Waals surface area contributed by atoms with Crippen LogP contribution in [0.25, 0.3) is 0 Å². The zero-order valence-electron chi connectivity index (χ0n) is 9.24. The summed E-state index contributed by atoms with van der Waals surface area (Å²) in [6.45, 7) is 2.19. The Morgan fingerprint density at radius 3 is 2.44 bits per heavy atom. The van der Waals surface area contributed by atoms with Gasteiger partial charge in [0.25, 0.3) is 0 Å². The van der Waals surface area contributed by atoms with Crippen LogP contribution in [0.4, 0.5) is 0 Å². The Kier molecular flexibility index (Phi) is 9.06. The summed E-state index contributed by atoms with van der Waals surface area (Å²) < 4.78 is 19.7. The molecular formula is C8H19O7P. The van der Waals surface area contributed by atoms with Crippen molar-refractivity contribution in [1.29, 1.82) is 0 Å². The minimum atomic E-state index is -4.53. The maximum atomic E-state index is 10.4. The number of ether oxygens (including phenoxy) is 1. The van der Waals surface area contributed by atoms with E-state index in [1.165, 1.54) is 0 Å². The van der Waals surface area contributed by atoms with E-state index in [2.05, 4.69) is 16.3 Å². The molecule has 0 aromatic carbocycles. The maximum Gasteiger partial charge on any atom is 0.469 e. The smallest absolute Gasteiger partial charge is 0.379 e. The highest BCUT2D eigenvalue weighted by Gasteiger charge is 2.19. The van der Waals surface area contributed by atoms with Crippen molar-refractivity contribution in [3.8, 4) is 0 Å². The highest BCUT2D eigenvalue weighted by Crippen LogP contribution is 2.35. The van der Waals surface area contributed by atoms with Crippen LogP contribution in [0.5, 0.6) is 0 Å². The van der Waals surface area contributed by atoms with Gasteiger partial charge in [-0.2, -0.15) is 0 Å². The summed E-state index contributed by atoms with van der Waals surface area (Å²) in [4.78, 5) is 20.8. The van der Waals surface area contributed by atoms with Crippen LogP contribution in [0.2, 0.25) is 0 Å². The monoisotopic (exact) mass is 258 g/mol. The summed E-state index contributed by atoms with van der Waals surface area (Å²) in [7, 11) is -4.53. The van der Waals surface area contributed by atoms with E-state index in [9.17, 15) is 4.57 Å². The second-order valence-corrected chi connectivity index (χ2v) is 4.54. The van der Waals surface area contributed by atoms with Gasteiger partial charge in [-0.25, -0.2) is 9.45 Å². The van der Waals surface area contributed by atoms with Crippen molar-refractivity contribution in [2.75, 3.05) is 19.8 Å². The van der Waals surface area contributed by atoms with Crippen LogP contribution in [-0.4, -0.2) is 41.0 Å². The molecule has 0 fully saturated rings. The summed E-state index contributed by atoms with van der Waals surface area (Å²) in [6, 6.07) is 0. The van der Waals surface area contributed by atoms with Crippen molar-refractivity contribution < 1.29 is 33.8 Å². The molecule has 0 rings (SSSR count). The Morgan fingerprint density at radius 2 is 1.94 bits per heavy atom. The van der Waals surface area contributed by atoms with Crippen LogP contribution in [0.3, 0.4) is 0 Å². The molecular weight excluding hydrogens is 239 g/mol. The predicted octanol–water partition coefficient (Wildman–Crippen LogP) is 1.16. The Balaban J connectivity index is 3.55. The van der Waals surface area contributed by atoms with E-state index < -0.39 is 20.5 Å². The second-order valence-electron chi connectivity index (χ2n) is 3.30. The topological polar surface area (TPSA) is 105 Å². The molecule has 0 aliphatic carbocycles. The third-order valence-corrected chi connectivity index (χ3v) is 2.26. The van der Waals surface area contributed by atoms with E-state index in [-0.39, 0.29) is 6.61 Å². The van der Waals surface area contributed by atoms with Gasteiger partial charge in [0.1, 0.15) is 6.10 Å². The molecule has 0 aromatic heterocycles. The number of unbranched alkanes of at least 4 members (excludes halogenated alkanes) is 2. The second kappa shape index (κ2) is 9.07. The largest absolute Gasteiger partial charge is 0.469 e. The molecule has 0 heterocycles. The minimum absolute atomic E-state index is 0.0280. The van der Waals surface area contributed by atoms with Gasteiger partial charge in [-0.1, -0.05) is 19.8 Å². The summed E-state index contributed by atoms with van der Waals surface area (Å²) in [6.07, 6.45) is 2.12. The molecule has 0 aliphatic rings. The molecule has 8 heteroatoms. The fourth-order valence-electron chi connectivity index (χ4n) is 0.958. The van der Waals surface area contributed by atoms with Gasteiger partial charge in [0.2, 0.25) is 0 Å². The first kappa shape index (κ1) is 16.0. The average Bonchev–Trinajstić information content (AvgIpc) is 2.21. The maximum absolute atomic E-state index is 10.4. The molecule has 7 nitrogen and oxygen atoms in total. The summed E-state index contributed by atoms with van der Waals surface area (Å²) in [5, 5.41) is 8.41. The van der Waals surface area contributed by atoms with Gasteiger partial charge in [-0.15, -0.1) is 0 Å². The SMILES string of the molecule is CCCCCOCC(COP(=O)(O)O)OO. The minimum Gasteiger partial charge on any atom is -0.379 e. The zero-order valence-corrected chi connectivity index (χ0v) is 10.1. The number of hydrogen-bond acceptors (Lipinski definition) is 5. The highest BCUT2D eigenvalue weighted by molar-refractivity contribution is 7.46. The van der Waals surface area contributed by atoms with Crippen LogP contribution in [0.1, 0.15) is 26.2 Å². The van der Waals surface area contributed by atoms with Crippen molar-refractivity contribution in [2.45, 2.75) is 32.3 Å². The lowest BCUT2D eigenvalue weighted by atomic mass is 10.3. The Labute approximate surface area is 94.5 Å². The molecule has 1 atom stereocenters. The molecule has 0 spiro atoms. The molecule has 0 saturated carbocycles. The van der Waals surface area contributed by atoms with Gasteiger partial charge in [0, 0.05) is 6.61 Å². The quantitative estimate of drug-likeness (QED) is 0.233. The van der Waals surface area contributed by atoms with Gasteiger partial charge in [-0.3, -0.25) is 9.78 Å². The van der Waals surface area contributed by atoms with Gasteiger partial charge in [-0.05, 0) is 6.42 Å². The normalized spacial score (nSPS) is 14.0. The molecule has 98 valence electrons. The van der Waals surface area contributed by atoms with Crippen molar-refractivity contribution in [2.24, 2.45) is 0 Å². The Bertz CT molecular complexity index is 205. The predicted molar refractivity (Wildman–Crippen MR) is 55.8 cm³/mol. The molecule has 0 aromatic rings. The zero-order chi connectivity index (χ0) is 12.4. The molecule has 1 unspecified atom stereocenters. The Morgan fingerprint density at radius 1 is 1.25 bits per heavy atom. The molecule has 0 aliphatic heterocycles. The van der Waals surface area contributed by atoms with Crippen LogP contribution in [0.15, 0.2) is 0 Å². The standard InChI is InChI=1S/C8H19O7P/c1-2-3-4-5-13-6-8(15-9)7-14-16(10,11)12/h8-9H,2-7H2,1H3,(H2,10,11,12). The van der Waals surface area contributed by atoms with Crippen LogP contribution in [-0.2, 0) is 18.7 Å². The van der Waals surface area contributed by atoms with Gasteiger partial charge < -0.3 is 14.5 Å². The van der Waals surface area contributed by atoms with Gasteiger partial charge >= 0.3 is 7.82 Å². The third kappa shape index (κ3) is 10.5. The summed E-state index contributed by atoms with van der Waals surface area (Å²) in [5.74, 6) is 0. The molecule has 3 N–H and O–H groups in total. The molecule has 0 bridgehead atoms. The van der Waals surface area contributed by atoms with Crippen molar-refractivity contribution in [3.63, 3.8) is 0 Å². The van der Waals surface area contributed by atoms with E-state index in [0.717, 1.165) is 19.3 Å². The van der Waals surface area contributed by atoms with Crippen molar-refractivity contribution in [3.05, 3.63) is 0 Å². The molecule has 0 amide bonds. The molecule has 0 radical (unpaired) electrons. The van der Waals surface area contributed by atoms with E-state index in [4.69, 9.17) is 19.8 Å². The lowest BCUT2D eigenvalue weighted by molar-refractivity contribution is -0.292. The number of phosphoric acid groups is 1. The molecule has 16 heavy (non-hydrogen) atoms. The fourth-order valence-corrected chi connectivity index (χ4v) is 1.32. The lowest BCUT2D eigenvalue weighted by Crippen LogP contribution is -2.24. The number of phosphoric ester groups is 1. The van der Waals surface area contributed by atoms with E-state index in [1.807, 2.05) is 0 Å². The first-order chi connectivity index (χ1) is 7.49. The van der Waals surface area contributed by atoms with E-state index in [0.29, 0.717) is 6.61 Å². The van der Waals surface area contributed by atoms with E-state index >= 15 is 0 Å². The highest BCUT2D eigenvalue weighted by atomic mass is 31.2. The summed E-state index contributed by atoms with van der Waals surface area (Å²) in [5.41, 5.74) is 0. The van der Waals surface area contributed by atoms with Crippen molar-refractivity contribution in [1.82, 2.24) is 0 Å². The van der Waals surface area contributed by atoms with Gasteiger partial charge in [0.15, 0.2) is 0 Å². The number of hydrogen-bond donors (Lipinski definition) is 3. The van der Waals surface area contributed by atoms with Crippen LogP contribution >= 0.6 is 7.82 Å².